The molecule has 1 aromatic heterocycles. The van der Waals surface area contributed by atoms with Crippen molar-refractivity contribution in [3.8, 4) is 0 Å². The summed E-state index contributed by atoms with van der Waals surface area (Å²) in [5.74, 6) is -0.00154. The van der Waals surface area contributed by atoms with Crippen LogP contribution in [0.3, 0.4) is 0 Å². The van der Waals surface area contributed by atoms with Gasteiger partial charge in [-0.05, 0) is 37.5 Å². The van der Waals surface area contributed by atoms with Gasteiger partial charge in [0.25, 0.3) is 5.91 Å². The first-order valence-corrected chi connectivity index (χ1v) is 9.34. The Morgan fingerprint density at radius 1 is 1.12 bits per heavy atom. The lowest BCUT2D eigenvalue weighted by atomic mass is 10.0. The molecule has 0 bridgehead atoms. The molecule has 26 heavy (non-hydrogen) atoms. The number of amides is 1. The van der Waals surface area contributed by atoms with Crippen molar-refractivity contribution in [2.75, 3.05) is 13.1 Å². The Bertz CT molecular complexity index is 873. The van der Waals surface area contributed by atoms with E-state index in [1.165, 1.54) is 11.1 Å². The molecule has 2 heterocycles. The zero-order chi connectivity index (χ0) is 17.9. The summed E-state index contributed by atoms with van der Waals surface area (Å²) in [5, 5.41) is 4.27. The number of aromatic nitrogens is 1. The molecule has 0 radical (unpaired) electrons. The van der Waals surface area contributed by atoms with Crippen molar-refractivity contribution < 1.29 is 4.79 Å². The molecular formula is C22H25N3O. The van der Waals surface area contributed by atoms with Gasteiger partial charge >= 0.3 is 0 Å². The van der Waals surface area contributed by atoms with E-state index in [1.807, 2.05) is 30.3 Å². The van der Waals surface area contributed by atoms with Crippen molar-refractivity contribution in [2.45, 2.75) is 32.4 Å². The molecule has 2 aromatic carbocycles. The van der Waals surface area contributed by atoms with Gasteiger partial charge in [0.05, 0.1) is 0 Å². The Labute approximate surface area is 154 Å². The molecule has 3 aromatic rings. The monoisotopic (exact) mass is 347 g/mol. The number of carbonyl (C=O) groups is 1. The van der Waals surface area contributed by atoms with E-state index in [2.05, 4.69) is 46.4 Å². The Kier molecular flexibility index (Phi) is 4.76. The summed E-state index contributed by atoms with van der Waals surface area (Å²) in [6.45, 7) is 5.16. The first-order chi connectivity index (χ1) is 12.7. The third-order valence-electron chi connectivity index (χ3n) is 5.19. The van der Waals surface area contributed by atoms with E-state index in [-0.39, 0.29) is 11.9 Å². The molecule has 1 saturated heterocycles. The summed E-state index contributed by atoms with van der Waals surface area (Å²) < 4.78 is 0. The van der Waals surface area contributed by atoms with Gasteiger partial charge in [-0.25, -0.2) is 0 Å². The largest absolute Gasteiger partial charge is 0.351 e. The first-order valence-electron chi connectivity index (χ1n) is 9.34. The van der Waals surface area contributed by atoms with E-state index in [1.54, 1.807) is 0 Å². The topological polar surface area (TPSA) is 48.1 Å². The fraction of sp³-hybridized carbons (Fsp3) is 0.318. The van der Waals surface area contributed by atoms with Crippen molar-refractivity contribution in [3.63, 3.8) is 0 Å². The number of aromatic amines is 1. The highest BCUT2D eigenvalue weighted by Gasteiger charge is 2.21. The van der Waals surface area contributed by atoms with Crippen molar-refractivity contribution in [1.82, 2.24) is 15.2 Å². The SMILES string of the molecule is Cc1cccc(CN2CCC(NC(=O)c3cc4ccccc4[nH]3)CC2)c1. The lowest BCUT2D eigenvalue weighted by molar-refractivity contribution is 0.0904. The third-order valence-corrected chi connectivity index (χ3v) is 5.19. The maximum Gasteiger partial charge on any atom is 0.267 e. The van der Waals surface area contributed by atoms with Gasteiger partial charge in [0.2, 0.25) is 0 Å². The highest BCUT2D eigenvalue weighted by atomic mass is 16.1. The van der Waals surface area contributed by atoms with Crippen LogP contribution in [0.5, 0.6) is 0 Å². The number of carbonyl (C=O) groups excluding carboxylic acids is 1. The molecule has 1 aliphatic rings. The van der Waals surface area contributed by atoms with Gasteiger partial charge in [0.15, 0.2) is 0 Å². The Morgan fingerprint density at radius 2 is 1.92 bits per heavy atom. The highest BCUT2D eigenvalue weighted by molar-refractivity contribution is 5.98. The quantitative estimate of drug-likeness (QED) is 0.753. The molecule has 0 saturated carbocycles. The highest BCUT2D eigenvalue weighted by Crippen LogP contribution is 2.17. The van der Waals surface area contributed by atoms with Gasteiger partial charge < -0.3 is 10.3 Å². The minimum atomic E-state index is -0.00154. The summed E-state index contributed by atoms with van der Waals surface area (Å²) in [7, 11) is 0. The third kappa shape index (κ3) is 3.81. The number of likely N-dealkylation sites (tertiary alicyclic amines) is 1. The first kappa shape index (κ1) is 16.9. The molecular weight excluding hydrogens is 322 g/mol. The number of nitrogens with zero attached hydrogens (tertiary/aromatic N) is 1. The zero-order valence-corrected chi connectivity index (χ0v) is 15.2. The molecule has 4 nitrogen and oxygen atoms in total. The Hall–Kier alpha value is -2.59. The molecule has 0 unspecified atom stereocenters. The Morgan fingerprint density at radius 3 is 2.69 bits per heavy atom. The second-order valence-electron chi connectivity index (χ2n) is 7.28. The zero-order valence-electron chi connectivity index (χ0n) is 15.2. The number of benzene rings is 2. The van der Waals surface area contributed by atoms with E-state index in [0.717, 1.165) is 43.4 Å². The molecule has 1 amide bonds. The van der Waals surface area contributed by atoms with Crippen LogP contribution >= 0.6 is 0 Å². The van der Waals surface area contributed by atoms with Crippen LogP contribution in [0.1, 0.15) is 34.5 Å². The normalized spacial score (nSPS) is 16.0. The fourth-order valence-electron chi connectivity index (χ4n) is 3.76. The molecule has 4 rings (SSSR count). The molecule has 0 atom stereocenters. The summed E-state index contributed by atoms with van der Waals surface area (Å²) in [5.41, 5.74) is 4.33. The van der Waals surface area contributed by atoms with E-state index in [9.17, 15) is 4.79 Å². The lowest BCUT2D eigenvalue weighted by Gasteiger charge is -2.32. The molecule has 1 aliphatic heterocycles. The standard InChI is InChI=1S/C22H25N3O/c1-16-5-4-6-17(13-16)15-25-11-9-19(10-12-25)23-22(26)21-14-18-7-2-3-8-20(18)24-21/h2-8,13-14,19,24H,9-12,15H2,1H3,(H,23,26). The van der Waals surface area contributed by atoms with E-state index < -0.39 is 0 Å². The average Bonchev–Trinajstić information content (AvgIpc) is 3.08. The van der Waals surface area contributed by atoms with Crippen molar-refractivity contribution >= 4 is 16.8 Å². The molecule has 1 fully saturated rings. The predicted molar refractivity (Wildman–Crippen MR) is 105 cm³/mol. The molecule has 2 N–H and O–H groups in total. The van der Waals surface area contributed by atoms with Crippen LogP contribution in [0, 0.1) is 6.92 Å². The van der Waals surface area contributed by atoms with Gasteiger partial charge in [-0.3, -0.25) is 9.69 Å². The fourth-order valence-corrected chi connectivity index (χ4v) is 3.76. The summed E-state index contributed by atoms with van der Waals surface area (Å²) in [4.78, 5) is 18.2. The van der Waals surface area contributed by atoms with Gasteiger partial charge in [-0.2, -0.15) is 0 Å². The number of hydrogen-bond donors (Lipinski definition) is 2. The van der Waals surface area contributed by atoms with Crippen LogP contribution in [0.2, 0.25) is 0 Å². The smallest absolute Gasteiger partial charge is 0.267 e. The summed E-state index contributed by atoms with van der Waals surface area (Å²) in [6, 6.07) is 18.9. The molecule has 0 spiro atoms. The number of fused-ring (bicyclic) bond motifs is 1. The number of rotatable bonds is 4. The van der Waals surface area contributed by atoms with Gasteiger partial charge in [0, 0.05) is 36.6 Å². The van der Waals surface area contributed by atoms with Crippen LogP contribution in [-0.4, -0.2) is 34.9 Å². The van der Waals surface area contributed by atoms with E-state index in [4.69, 9.17) is 0 Å². The second-order valence-corrected chi connectivity index (χ2v) is 7.28. The molecule has 134 valence electrons. The van der Waals surface area contributed by atoms with Gasteiger partial charge in [-0.1, -0.05) is 48.0 Å². The van der Waals surface area contributed by atoms with Gasteiger partial charge in [0.1, 0.15) is 5.69 Å². The minimum Gasteiger partial charge on any atom is -0.351 e. The van der Waals surface area contributed by atoms with Crippen LogP contribution in [0.25, 0.3) is 10.9 Å². The van der Waals surface area contributed by atoms with Crippen LogP contribution in [0.15, 0.2) is 54.6 Å². The minimum absolute atomic E-state index is 0.00154. The maximum absolute atomic E-state index is 12.5. The van der Waals surface area contributed by atoms with Crippen LogP contribution in [0.4, 0.5) is 0 Å². The van der Waals surface area contributed by atoms with Crippen molar-refractivity contribution in [2.24, 2.45) is 0 Å². The number of hydrogen-bond acceptors (Lipinski definition) is 2. The van der Waals surface area contributed by atoms with Crippen LogP contribution < -0.4 is 5.32 Å². The van der Waals surface area contributed by atoms with Crippen molar-refractivity contribution in [3.05, 3.63) is 71.4 Å². The number of nitrogens with one attached hydrogen (secondary N) is 2. The number of aryl methyl sites for hydroxylation is 1. The van der Waals surface area contributed by atoms with Crippen LogP contribution in [-0.2, 0) is 6.54 Å². The summed E-state index contributed by atoms with van der Waals surface area (Å²) >= 11 is 0. The maximum atomic E-state index is 12.5. The number of para-hydroxylation sites is 1. The number of H-pyrrole nitrogens is 1. The second kappa shape index (κ2) is 7.34. The summed E-state index contributed by atoms with van der Waals surface area (Å²) in [6.07, 6.45) is 2.00. The molecule has 0 aliphatic carbocycles. The lowest BCUT2D eigenvalue weighted by Crippen LogP contribution is -2.44. The predicted octanol–water partition coefficient (Wildman–Crippen LogP) is 3.87. The average molecular weight is 347 g/mol. The van der Waals surface area contributed by atoms with E-state index >= 15 is 0 Å². The molecule has 4 heteroatoms. The van der Waals surface area contributed by atoms with E-state index in [0.29, 0.717) is 5.69 Å². The Balaban J connectivity index is 1.31. The van der Waals surface area contributed by atoms with Crippen molar-refractivity contribution in [1.29, 1.82) is 0 Å². The number of piperidine rings is 1. The van der Waals surface area contributed by atoms with Gasteiger partial charge in [-0.15, -0.1) is 0 Å².